The maximum Gasteiger partial charge on any atom is 0.245 e. The number of rotatable bonds is 3. The van der Waals surface area contributed by atoms with Gasteiger partial charge in [-0.25, -0.2) is 5.01 Å². The Morgan fingerprint density at radius 2 is 2.04 bits per heavy atom. The molecule has 6 heteroatoms. The first-order chi connectivity index (χ1) is 12.1. The van der Waals surface area contributed by atoms with Crippen molar-refractivity contribution in [3.05, 3.63) is 58.5 Å². The molecule has 0 saturated carbocycles. The van der Waals surface area contributed by atoms with Crippen molar-refractivity contribution in [3.8, 4) is 0 Å². The third kappa shape index (κ3) is 2.82. The van der Waals surface area contributed by atoms with Crippen LogP contribution in [0.15, 0.2) is 53.2 Å². The van der Waals surface area contributed by atoms with Gasteiger partial charge in [-0.15, -0.1) is 11.3 Å². The third-order valence-electron chi connectivity index (χ3n) is 4.32. The molecule has 3 aromatic rings. The molecular weight excluding hydrogens is 332 g/mol. The molecule has 0 saturated heterocycles. The Morgan fingerprint density at radius 3 is 2.80 bits per heavy atom. The van der Waals surface area contributed by atoms with Crippen LogP contribution in [0.1, 0.15) is 36.8 Å². The van der Waals surface area contributed by atoms with Gasteiger partial charge >= 0.3 is 0 Å². The molecule has 0 radical (unpaired) electrons. The van der Waals surface area contributed by atoms with Gasteiger partial charge in [0.05, 0.1) is 27.7 Å². The number of nitrogens with zero attached hydrogens (tertiary/aromatic N) is 4. The molecule has 1 atom stereocenters. The molecule has 126 valence electrons. The van der Waals surface area contributed by atoms with Gasteiger partial charge in [-0.2, -0.15) is 5.10 Å². The number of hydrogen-bond donors (Lipinski definition) is 0. The molecule has 25 heavy (non-hydrogen) atoms. The predicted molar refractivity (Wildman–Crippen MR) is 99.4 cm³/mol. The number of benzene rings is 1. The summed E-state index contributed by atoms with van der Waals surface area (Å²) in [6.07, 6.45) is 4.07. The Labute approximate surface area is 150 Å². The standard InChI is InChI=1S/C19H18N4OS/c1-12(2)19(24)23-16(11-15(22-23)17-7-4-10-25-17)13-5-3-6-14-18(13)21-9-8-20-14/h3-10,12,16H,11H2,1-2H3/t16-/m1/s1. The summed E-state index contributed by atoms with van der Waals surface area (Å²) >= 11 is 1.65. The van der Waals surface area contributed by atoms with Gasteiger partial charge in [0.2, 0.25) is 5.91 Å². The minimum atomic E-state index is -0.146. The lowest BCUT2D eigenvalue weighted by Gasteiger charge is -2.24. The zero-order chi connectivity index (χ0) is 17.4. The smallest absolute Gasteiger partial charge is 0.245 e. The number of para-hydroxylation sites is 1. The topological polar surface area (TPSA) is 58.5 Å². The van der Waals surface area contributed by atoms with Crippen molar-refractivity contribution in [2.75, 3.05) is 0 Å². The monoisotopic (exact) mass is 350 g/mol. The van der Waals surface area contributed by atoms with E-state index < -0.39 is 0 Å². The van der Waals surface area contributed by atoms with E-state index in [0.717, 1.165) is 27.2 Å². The highest BCUT2D eigenvalue weighted by molar-refractivity contribution is 7.12. The van der Waals surface area contributed by atoms with E-state index in [1.807, 2.05) is 49.6 Å². The number of fused-ring (bicyclic) bond motifs is 1. The number of carbonyl (C=O) groups excluding carboxylic acids is 1. The summed E-state index contributed by atoms with van der Waals surface area (Å²) in [5.41, 5.74) is 3.62. The average Bonchev–Trinajstić information content (AvgIpc) is 3.30. The molecule has 0 aliphatic carbocycles. The van der Waals surface area contributed by atoms with Crippen LogP contribution in [0, 0.1) is 5.92 Å². The summed E-state index contributed by atoms with van der Waals surface area (Å²) in [5.74, 6) is -0.0903. The molecule has 3 heterocycles. The summed E-state index contributed by atoms with van der Waals surface area (Å²) in [6, 6.07) is 9.84. The van der Waals surface area contributed by atoms with Crippen LogP contribution in [-0.4, -0.2) is 26.6 Å². The summed E-state index contributed by atoms with van der Waals surface area (Å²) in [4.78, 5) is 22.8. The highest BCUT2D eigenvalue weighted by Crippen LogP contribution is 2.36. The fourth-order valence-electron chi connectivity index (χ4n) is 3.10. The number of thiophene rings is 1. The Kier molecular flexibility index (Phi) is 4.05. The van der Waals surface area contributed by atoms with Crippen molar-refractivity contribution in [1.82, 2.24) is 15.0 Å². The largest absolute Gasteiger partial charge is 0.273 e. The first kappa shape index (κ1) is 15.9. The normalized spacial score (nSPS) is 17.3. The SMILES string of the molecule is CC(C)C(=O)N1N=C(c2cccs2)C[C@@H]1c1cccc2nccnc12. The van der Waals surface area contributed by atoms with Crippen molar-refractivity contribution in [1.29, 1.82) is 0 Å². The van der Waals surface area contributed by atoms with Crippen LogP contribution in [0.3, 0.4) is 0 Å². The van der Waals surface area contributed by atoms with Gasteiger partial charge in [-0.1, -0.05) is 32.0 Å². The minimum Gasteiger partial charge on any atom is -0.273 e. The van der Waals surface area contributed by atoms with Crippen LogP contribution in [0.5, 0.6) is 0 Å². The molecule has 1 aliphatic heterocycles. The molecule has 0 bridgehead atoms. The molecule has 1 amide bonds. The fourth-order valence-corrected chi connectivity index (χ4v) is 3.82. The lowest BCUT2D eigenvalue weighted by Crippen LogP contribution is -2.30. The molecule has 1 aromatic carbocycles. The Bertz CT molecular complexity index is 944. The van der Waals surface area contributed by atoms with Gasteiger partial charge in [-0.3, -0.25) is 14.8 Å². The fraction of sp³-hybridized carbons (Fsp3) is 0.263. The first-order valence-electron chi connectivity index (χ1n) is 8.29. The maximum absolute atomic E-state index is 12.8. The number of hydrazone groups is 1. The second kappa shape index (κ2) is 6.37. The van der Waals surface area contributed by atoms with Crippen LogP contribution in [0.25, 0.3) is 11.0 Å². The minimum absolute atomic E-state index is 0.0254. The van der Waals surface area contributed by atoms with Crippen LogP contribution >= 0.6 is 11.3 Å². The van der Waals surface area contributed by atoms with E-state index in [4.69, 9.17) is 0 Å². The second-order valence-corrected chi connectivity index (χ2v) is 7.30. The number of amides is 1. The van der Waals surface area contributed by atoms with Crippen LogP contribution in [-0.2, 0) is 4.79 Å². The van der Waals surface area contributed by atoms with E-state index in [0.29, 0.717) is 6.42 Å². The van der Waals surface area contributed by atoms with Crippen molar-refractivity contribution >= 4 is 34.0 Å². The van der Waals surface area contributed by atoms with E-state index in [2.05, 4.69) is 15.1 Å². The van der Waals surface area contributed by atoms with Crippen molar-refractivity contribution in [3.63, 3.8) is 0 Å². The highest BCUT2D eigenvalue weighted by Gasteiger charge is 2.35. The first-order valence-corrected chi connectivity index (χ1v) is 9.17. The van der Waals surface area contributed by atoms with Gasteiger partial charge in [-0.05, 0) is 17.5 Å². The molecule has 5 nitrogen and oxygen atoms in total. The van der Waals surface area contributed by atoms with Crippen LogP contribution in [0.2, 0.25) is 0 Å². The molecule has 0 N–H and O–H groups in total. The average molecular weight is 350 g/mol. The third-order valence-corrected chi connectivity index (χ3v) is 5.24. The van der Waals surface area contributed by atoms with Crippen molar-refractivity contribution in [2.24, 2.45) is 11.0 Å². The molecule has 0 spiro atoms. The van der Waals surface area contributed by atoms with Gasteiger partial charge in [0.25, 0.3) is 0 Å². The van der Waals surface area contributed by atoms with Gasteiger partial charge in [0.15, 0.2) is 0 Å². The Morgan fingerprint density at radius 1 is 1.20 bits per heavy atom. The summed E-state index contributed by atoms with van der Waals surface area (Å²) in [7, 11) is 0. The second-order valence-electron chi connectivity index (χ2n) is 6.35. The van der Waals surface area contributed by atoms with E-state index in [1.165, 1.54) is 0 Å². The van der Waals surface area contributed by atoms with E-state index in [1.54, 1.807) is 28.7 Å². The molecule has 0 fully saturated rings. The quantitative estimate of drug-likeness (QED) is 0.717. The van der Waals surface area contributed by atoms with Gasteiger partial charge < -0.3 is 0 Å². The number of aromatic nitrogens is 2. The number of hydrogen-bond acceptors (Lipinski definition) is 5. The Hall–Kier alpha value is -2.60. The molecule has 0 unspecified atom stereocenters. The van der Waals surface area contributed by atoms with E-state index in [9.17, 15) is 4.79 Å². The Balaban J connectivity index is 1.81. The van der Waals surface area contributed by atoms with E-state index in [-0.39, 0.29) is 17.9 Å². The molecule has 4 rings (SSSR count). The van der Waals surface area contributed by atoms with Gasteiger partial charge in [0, 0.05) is 30.3 Å². The summed E-state index contributed by atoms with van der Waals surface area (Å²) < 4.78 is 0. The zero-order valence-corrected chi connectivity index (χ0v) is 14.9. The van der Waals surface area contributed by atoms with Crippen LogP contribution < -0.4 is 0 Å². The molecule has 1 aliphatic rings. The van der Waals surface area contributed by atoms with Crippen molar-refractivity contribution < 1.29 is 4.79 Å². The van der Waals surface area contributed by atoms with Gasteiger partial charge in [0.1, 0.15) is 0 Å². The van der Waals surface area contributed by atoms with Crippen molar-refractivity contribution in [2.45, 2.75) is 26.3 Å². The number of carbonyl (C=O) groups is 1. The predicted octanol–water partition coefficient (Wildman–Crippen LogP) is 4.03. The zero-order valence-electron chi connectivity index (χ0n) is 14.1. The lowest BCUT2D eigenvalue weighted by atomic mass is 9.99. The van der Waals surface area contributed by atoms with E-state index >= 15 is 0 Å². The molecular formula is C19H18N4OS. The maximum atomic E-state index is 12.8. The summed E-state index contributed by atoms with van der Waals surface area (Å²) in [5, 5.41) is 8.35. The molecule has 2 aromatic heterocycles. The lowest BCUT2D eigenvalue weighted by molar-refractivity contribution is -0.136. The highest BCUT2D eigenvalue weighted by atomic mass is 32.1. The van der Waals surface area contributed by atoms with Crippen LogP contribution in [0.4, 0.5) is 0 Å². The summed E-state index contributed by atoms with van der Waals surface area (Å²) in [6.45, 7) is 3.81.